The number of nitrogens with zero attached hydrogens (tertiary/aromatic N) is 2. The normalized spacial score (nSPS) is 9.83. The van der Waals surface area contributed by atoms with Gasteiger partial charge in [-0.2, -0.15) is 0 Å². The van der Waals surface area contributed by atoms with Crippen LogP contribution in [0.3, 0.4) is 0 Å². The van der Waals surface area contributed by atoms with Gasteiger partial charge in [-0.25, -0.2) is 14.2 Å². The molecule has 0 unspecified atom stereocenters. The molecule has 2 aromatic rings. The van der Waals surface area contributed by atoms with Crippen LogP contribution in [-0.2, 0) is 6.61 Å². The molecule has 0 bridgehead atoms. The number of ether oxygens (including phenoxy) is 1. The zero-order chi connectivity index (χ0) is 13.0. The summed E-state index contributed by atoms with van der Waals surface area (Å²) in [4.78, 5) is 7.23. The lowest BCUT2D eigenvalue weighted by molar-refractivity contribution is 0.287. The van der Waals surface area contributed by atoms with Gasteiger partial charge in [0.15, 0.2) is 5.69 Å². The third-order valence-electron chi connectivity index (χ3n) is 2.23. The highest BCUT2D eigenvalue weighted by atomic mass is 79.9. The van der Waals surface area contributed by atoms with Crippen LogP contribution in [-0.4, -0.2) is 4.98 Å². The topological polar surface area (TPSA) is 26.5 Å². The third-order valence-corrected chi connectivity index (χ3v) is 2.67. The van der Waals surface area contributed by atoms with E-state index in [1.807, 2.05) is 0 Å². The summed E-state index contributed by atoms with van der Waals surface area (Å²) in [6.07, 6.45) is 0. The van der Waals surface area contributed by atoms with Crippen LogP contribution in [0, 0.1) is 12.4 Å². The van der Waals surface area contributed by atoms with Gasteiger partial charge in [-0.1, -0.05) is 18.2 Å². The van der Waals surface area contributed by atoms with E-state index in [1.165, 1.54) is 6.07 Å². The second-order valence-electron chi connectivity index (χ2n) is 3.47. The van der Waals surface area contributed by atoms with E-state index in [1.54, 1.807) is 30.3 Å². The lowest BCUT2D eigenvalue weighted by Gasteiger charge is -2.06. The highest BCUT2D eigenvalue weighted by Gasteiger charge is 2.05. The molecule has 18 heavy (non-hydrogen) atoms. The van der Waals surface area contributed by atoms with Crippen LogP contribution in [0.4, 0.5) is 10.1 Å². The number of halogens is 2. The summed E-state index contributed by atoms with van der Waals surface area (Å²) >= 11 is 3.22. The summed E-state index contributed by atoms with van der Waals surface area (Å²) in [5.41, 5.74) is 0.668. The Morgan fingerprint density at radius 2 is 2.17 bits per heavy atom. The van der Waals surface area contributed by atoms with Crippen molar-refractivity contribution in [2.75, 3.05) is 0 Å². The van der Waals surface area contributed by atoms with Gasteiger partial charge in [0.05, 0.1) is 6.57 Å². The molecule has 0 N–H and O–H groups in total. The van der Waals surface area contributed by atoms with Gasteiger partial charge in [0.1, 0.15) is 17.0 Å². The molecule has 0 radical (unpaired) electrons. The predicted octanol–water partition coefficient (Wildman–Crippen LogP) is 4.11. The van der Waals surface area contributed by atoms with Gasteiger partial charge in [0.25, 0.3) is 0 Å². The van der Waals surface area contributed by atoms with Crippen LogP contribution in [0.1, 0.15) is 5.56 Å². The molecule has 0 aliphatic heterocycles. The van der Waals surface area contributed by atoms with Crippen LogP contribution in [0.2, 0.25) is 0 Å². The third kappa shape index (κ3) is 3.05. The number of hydrogen-bond donors (Lipinski definition) is 0. The van der Waals surface area contributed by atoms with Gasteiger partial charge in [-0.15, -0.1) is 0 Å². The number of pyridine rings is 1. The minimum Gasteiger partial charge on any atom is -0.473 e. The Hall–Kier alpha value is -1.93. The first-order valence-corrected chi connectivity index (χ1v) is 5.89. The number of benzene rings is 1. The van der Waals surface area contributed by atoms with E-state index in [-0.39, 0.29) is 12.3 Å². The smallest absolute Gasteiger partial charge is 0.214 e. The van der Waals surface area contributed by atoms with Crippen LogP contribution >= 0.6 is 15.9 Å². The summed E-state index contributed by atoms with van der Waals surface area (Å²) in [5, 5.41) is 0. The summed E-state index contributed by atoms with van der Waals surface area (Å²) in [7, 11) is 0. The van der Waals surface area contributed by atoms with E-state index in [4.69, 9.17) is 11.3 Å². The lowest BCUT2D eigenvalue weighted by atomic mass is 10.2. The molecule has 0 aliphatic rings. The van der Waals surface area contributed by atoms with Crippen LogP contribution in [0.5, 0.6) is 5.88 Å². The Bertz CT molecular complexity index is 610. The highest BCUT2D eigenvalue weighted by Crippen LogP contribution is 2.19. The molecule has 0 spiro atoms. The van der Waals surface area contributed by atoms with Crippen molar-refractivity contribution in [3.63, 3.8) is 0 Å². The lowest BCUT2D eigenvalue weighted by Crippen LogP contribution is -1.99. The van der Waals surface area contributed by atoms with E-state index < -0.39 is 5.82 Å². The molecule has 5 heteroatoms. The first kappa shape index (κ1) is 12.5. The average molecular weight is 307 g/mol. The maximum Gasteiger partial charge on any atom is 0.214 e. The number of aromatic nitrogens is 1. The fourth-order valence-corrected chi connectivity index (χ4v) is 1.67. The molecule has 0 aliphatic carbocycles. The van der Waals surface area contributed by atoms with E-state index >= 15 is 0 Å². The highest BCUT2D eigenvalue weighted by molar-refractivity contribution is 9.10. The minimum atomic E-state index is -0.446. The SMILES string of the molecule is [C-]#[N+]c1ccc(COc2cccc(Br)n2)c(F)c1. The van der Waals surface area contributed by atoms with Gasteiger partial charge in [0.2, 0.25) is 5.88 Å². The molecular formula is C13H8BrFN2O. The van der Waals surface area contributed by atoms with E-state index in [9.17, 15) is 4.39 Å². The zero-order valence-electron chi connectivity index (χ0n) is 9.23. The molecule has 1 aromatic heterocycles. The van der Waals surface area contributed by atoms with Crippen molar-refractivity contribution < 1.29 is 9.13 Å². The Morgan fingerprint density at radius 3 is 2.83 bits per heavy atom. The molecule has 0 amide bonds. The maximum atomic E-state index is 13.6. The number of hydrogen-bond acceptors (Lipinski definition) is 2. The second-order valence-corrected chi connectivity index (χ2v) is 4.29. The Kier molecular flexibility index (Phi) is 3.90. The van der Waals surface area contributed by atoms with Crippen LogP contribution in [0.15, 0.2) is 41.0 Å². The molecule has 2 rings (SSSR count). The molecule has 0 fully saturated rings. The first-order chi connectivity index (χ1) is 8.69. The summed E-state index contributed by atoms with van der Waals surface area (Å²) in [6.45, 7) is 6.86. The fraction of sp³-hybridized carbons (Fsp3) is 0.0769. The van der Waals surface area contributed by atoms with Crippen LogP contribution in [0.25, 0.3) is 4.85 Å². The average Bonchev–Trinajstić information content (AvgIpc) is 2.37. The van der Waals surface area contributed by atoms with E-state index in [0.717, 1.165) is 0 Å². The predicted molar refractivity (Wildman–Crippen MR) is 68.9 cm³/mol. The Morgan fingerprint density at radius 1 is 1.33 bits per heavy atom. The van der Waals surface area contributed by atoms with Gasteiger partial charge in [-0.05, 0) is 28.1 Å². The molecule has 90 valence electrons. The molecule has 0 saturated carbocycles. The van der Waals surface area contributed by atoms with Crippen molar-refractivity contribution in [3.05, 3.63) is 63.8 Å². The van der Waals surface area contributed by atoms with Crippen molar-refractivity contribution in [2.24, 2.45) is 0 Å². The van der Waals surface area contributed by atoms with Crippen molar-refractivity contribution >= 4 is 21.6 Å². The van der Waals surface area contributed by atoms with Gasteiger partial charge >= 0.3 is 0 Å². The van der Waals surface area contributed by atoms with Gasteiger partial charge in [0, 0.05) is 11.6 Å². The molecule has 0 atom stereocenters. The largest absolute Gasteiger partial charge is 0.473 e. The zero-order valence-corrected chi connectivity index (χ0v) is 10.8. The maximum absolute atomic E-state index is 13.6. The summed E-state index contributed by atoms with van der Waals surface area (Å²) in [5.74, 6) is -0.0310. The van der Waals surface area contributed by atoms with Crippen molar-refractivity contribution in [3.8, 4) is 5.88 Å². The monoisotopic (exact) mass is 306 g/mol. The molecule has 1 heterocycles. The molecule has 0 saturated heterocycles. The first-order valence-electron chi connectivity index (χ1n) is 5.10. The molecular weight excluding hydrogens is 299 g/mol. The Balaban J connectivity index is 2.09. The van der Waals surface area contributed by atoms with Crippen LogP contribution < -0.4 is 4.74 Å². The van der Waals surface area contributed by atoms with E-state index in [0.29, 0.717) is 16.0 Å². The van der Waals surface area contributed by atoms with Crippen molar-refractivity contribution in [2.45, 2.75) is 6.61 Å². The molecule has 3 nitrogen and oxygen atoms in total. The van der Waals surface area contributed by atoms with E-state index in [2.05, 4.69) is 25.8 Å². The van der Waals surface area contributed by atoms with Crippen molar-refractivity contribution in [1.29, 1.82) is 0 Å². The summed E-state index contributed by atoms with van der Waals surface area (Å²) < 4.78 is 19.6. The van der Waals surface area contributed by atoms with Gasteiger partial charge < -0.3 is 4.74 Å². The standard InChI is InChI=1S/C13H8BrFN2O/c1-16-10-6-5-9(11(15)7-10)8-18-13-4-2-3-12(14)17-13/h2-7H,8H2. The van der Waals surface area contributed by atoms with Crippen molar-refractivity contribution in [1.82, 2.24) is 4.98 Å². The Labute approximate surface area is 112 Å². The summed E-state index contributed by atoms with van der Waals surface area (Å²) in [6, 6.07) is 9.54. The molecule has 1 aromatic carbocycles. The fourth-order valence-electron chi connectivity index (χ4n) is 1.34. The minimum absolute atomic E-state index is 0.0770. The number of rotatable bonds is 3. The van der Waals surface area contributed by atoms with Gasteiger partial charge in [-0.3, -0.25) is 0 Å². The second kappa shape index (κ2) is 5.61. The quantitative estimate of drug-likeness (QED) is 0.630.